The Labute approximate surface area is 109 Å². The first-order valence-electron chi connectivity index (χ1n) is 6.31. The summed E-state index contributed by atoms with van der Waals surface area (Å²) in [6.45, 7) is 3.79. The first-order valence-corrected chi connectivity index (χ1v) is 6.31. The van der Waals surface area contributed by atoms with E-state index >= 15 is 0 Å². The molecule has 2 N–H and O–H groups in total. The molecule has 1 rings (SSSR count). The molecule has 0 heterocycles. The van der Waals surface area contributed by atoms with E-state index in [0.29, 0.717) is 19.6 Å². The van der Waals surface area contributed by atoms with Crippen molar-refractivity contribution in [2.45, 2.75) is 19.4 Å². The quantitative estimate of drug-likeness (QED) is 0.799. The van der Waals surface area contributed by atoms with Gasteiger partial charge in [0, 0.05) is 26.7 Å². The highest BCUT2D eigenvalue weighted by Gasteiger charge is 2.24. The minimum Gasteiger partial charge on any atom is -0.367 e. The molecule has 0 fully saturated rings. The van der Waals surface area contributed by atoms with Crippen molar-refractivity contribution in [2.75, 3.05) is 26.7 Å². The number of nitrogens with zero attached hydrogens (tertiary/aromatic N) is 1. The summed E-state index contributed by atoms with van der Waals surface area (Å²) in [4.78, 5) is 14.2. The van der Waals surface area contributed by atoms with Crippen LogP contribution in [-0.2, 0) is 9.53 Å². The molecule has 0 aliphatic carbocycles. The maximum Gasteiger partial charge on any atom is 0.256 e. The maximum atomic E-state index is 12.4. The van der Waals surface area contributed by atoms with Crippen LogP contribution < -0.4 is 5.73 Å². The van der Waals surface area contributed by atoms with Crippen LogP contribution in [0, 0.1) is 0 Å². The molecule has 0 aromatic heterocycles. The zero-order valence-corrected chi connectivity index (χ0v) is 11.1. The van der Waals surface area contributed by atoms with Crippen molar-refractivity contribution in [3.05, 3.63) is 35.9 Å². The molecule has 0 bridgehead atoms. The van der Waals surface area contributed by atoms with Crippen molar-refractivity contribution < 1.29 is 9.53 Å². The van der Waals surface area contributed by atoms with Crippen LogP contribution in [-0.4, -0.2) is 37.6 Å². The molecule has 100 valence electrons. The second-order valence-electron chi connectivity index (χ2n) is 4.14. The standard InChI is InChI=1S/C14H22N2O2/c1-3-10-16(11-9-15)14(17)13(18-2)12-7-5-4-6-8-12/h4-8,13H,3,9-11,15H2,1-2H3. The van der Waals surface area contributed by atoms with Gasteiger partial charge < -0.3 is 15.4 Å². The second-order valence-corrected chi connectivity index (χ2v) is 4.14. The van der Waals surface area contributed by atoms with Gasteiger partial charge in [-0.1, -0.05) is 37.3 Å². The highest BCUT2D eigenvalue weighted by molar-refractivity contribution is 5.82. The predicted molar refractivity (Wildman–Crippen MR) is 72.1 cm³/mol. The van der Waals surface area contributed by atoms with Crippen LogP contribution in [0.2, 0.25) is 0 Å². The Hall–Kier alpha value is -1.39. The SMILES string of the molecule is CCCN(CCN)C(=O)C(OC)c1ccccc1. The molecule has 1 aromatic carbocycles. The fraction of sp³-hybridized carbons (Fsp3) is 0.500. The number of hydrogen-bond donors (Lipinski definition) is 1. The second kappa shape index (κ2) is 7.84. The number of carbonyl (C=O) groups is 1. The monoisotopic (exact) mass is 250 g/mol. The van der Waals surface area contributed by atoms with E-state index in [9.17, 15) is 4.79 Å². The topological polar surface area (TPSA) is 55.6 Å². The van der Waals surface area contributed by atoms with Crippen LogP contribution in [0.25, 0.3) is 0 Å². The fourth-order valence-electron chi connectivity index (χ4n) is 1.93. The molecular formula is C14H22N2O2. The molecule has 4 nitrogen and oxygen atoms in total. The van der Waals surface area contributed by atoms with Gasteiger partial charge in [-0.25, -0.2) is 0 Å². The van der Waals surface area contributed by atoms with Crippen molar-refractivity contribution in [1.82, 2.24) is 4.90 Å². The number of hydrogen-bond acceptors (Lipinski definition) is 3. The number of nitrogens with two attached hydrogens (primary N) is 1. The lowest BCUT2D eigenvalue weighted by molar-refractivity contribution is -0.142. The van der Waals surface area contributed by atoms with Gasteiger partial charge in [-0.3, -0.25) is 4.79 Å². The molecule has 0 saturated carbocycles. The Bertz CT molecular complexity index is 348. The average molecular weight is 250 g/mol. The van der Waals surface area contributed by atoms with Crippen molar-refractivity contribution in [3.63, 3.8) is 0 Å². The van der Waals surface area contributed by atoms with E-state index in [1.165, 1.54) is 0 Å². The Balaban J connectivity index is 2.83. The molecule has 4 heteroatoms. The van der Waals surface area contributed by atoms with Crippen LogP contribution in [0.3, 0.4) is 0 Å². The molecule has 0 radical (unpaired) electrons. The minimum absolute atomic E-state index is 0.0176. The van der Waals surface area contributed by atoms with Crippen LogP contribution in [0.5, 0.6) is 0 Å². The first kappa shape index (κ1) is 14.7. The molecule has 0 saturated heterocycles. The largest absolute Gasteiger partial charge is 0.367 e. The molecular weight excluding hydrogens is 228 g/mol. The summed E-state index contributed by atoms with van der Waals surface area (Å²) >= 11 is 0. The highest BCUT2D eigenvalue weighted by Crippen LogP contribution is 2.19. The van der Waals surface area contributed by atoms with Gasteiger partial charge in [0.15, 0.2) is 6.10 Å². The van der Waals surface area contributed by atoms with Gasteiger partial charge in [-0.2, -0.15) is 0 Å². The first-order chi connectivity index (χ1) is 8.74. The summed E-state index contributed by atoms with van der Waals surface area (Å²) in [5.41, 5.74) is 6.42. The van der Waals surface area contributed by atoms with E-state index in [1.54, 1.807) is 12.0 Å². The van der Waals surface area contributed by atoms with E-state index in [-0.39, 0.29) is 5.91 Å². The molecule has 0 aliphatic heterocycles. The third-order valence-electron chi connectivity index (χ3n) is 2.77. The lowest BCUT2D eigenvalue weighted by atomic mass is 10.1. The normalized spacial score (nSPS) is 12.2. The number of rotatable bonds is 7. The van der Waals surface area contributed by atoms with E-state index < -0.39 is 6.10 Å². The van der Waals surface area contributed by atoms with Crippen LogP contribution in [0.1, 0.15) is 25.0 Å². The Morgan fingerprint density at radius 1 is 1.33 bits per heavy atom. The molecule has 1 atom stereocenters. The number of ether oxygens (including phenoxy) is 1. The van der Waals surface area contributed by atoms with Crippen molar-refractivity contribution in [1.29, 1.82) is 0 Å². The van der Waals surface area contributed by atoms with E-state index in [2.05, 4.69) is 0 Å². The Morgan fingerprint density at radius 3 is 2.50 bits per heavy atom. The molecule has 18 heavy (non-hydrogen) atoms. The summed E-state index contributed by atoms with van der Waals surface area (Å²) in [5, 5.41) is 0. The van der Waals surface area contributed by atoms with E-state index in [1.807, 2.05) is 37.3 Å². The molecule has 1 aromatic rings. The lowest BCUT2D eigenvalue weighted by Gasteiger charge is -2.26. The number of methoxy groups -OCH3 is 1. The molecule has 1 unspecified atom stereocenters. The summed E-state index contributed by atoms with van der Waals surface area (Å²) < 4.78 is 5.34. The van der Waals surface area contributed by atoms with Crippen LogP contribution in [0.4, 0.5) is 0 Å². The number of benzene rings is 1. The third kappa shape index (κ3) is 3.82. The number of carbonyl (C=O) groups excluding carboxylic acids is 1. The zero-order chi connectivity index (χ0) is 13.4. The number of amides is 1. The Morgan fingerprint density at radius 2 is 2.00 bits per heavy atom. The Kier molecular flexibility index (Phi) is 6.39. The zero-order valence-electron chi connectivity index (χ0n) is 11.1. The van der Waals surface area contributed by atoms with Crippen molar-refractivity contribution >= 4 is 5.91 Å². The summed E-state index contributed by atoms with van der Waals surface area (Å²) in [7, 11) is 1.56. The van der Waals surface area contributed by atoms with Gasteiger partial charge >= 0.3 is 0 Å². The van der Waals surface area contributed by atoms with E-state index in [0.717, 1.165) is 12.0 Å². The van der Waals surface area contributed by atoms with Crippen molar-refractivity contribution in [2.24, 2.45) is 5.73 Å². The van der Waals surface area contributed by atoms with Crippen molar-refractivity contribution in [3.8, 4) is 0 Å². The maximum absolute atomic E-state index is 12.4. The fourth-order valence-corrected chi connectivity index (χ4v) is 1.93. The third-order valence-corrected chi connectivity index (χ3v) is 2.77. The summed E-state index contributed by atoms with van der Waals surface area (Å²) in [6, 6.07) is 9.53. The molecule has 0 spiro atoms. The van der Waals surface area contributed by atoms with Gasteiger partial charge in [-0.05, 0) is 12.0 Å². The van der Waals surface area contributed by atoms with Gasteiger partial charge in [-0.15, -0.1) is 0 Å². The lowest BCUT2D eigenvalue weighted by Crippen LogP contribution is -2.39. The summed E-state index contributed by atoms with van der Waals surface area (Å²) in [6.07, 6.45) is 0.376. The van der Waals surface area contributed by atoms with Crippen LogP contribution >= 0.6 is 0 Å². The summed E-state index contributed by atoms with van der Waals surface area (Å²) in [5.74, 6) is -0.0176. The van der Waals surface area contributed by atoms with Crippen LogP contribution in [0.15, 0.2) is 30.3 Å². The molecule has 0 aliphatic rings. The van der Waals surface area contributed by atoms with E-state index in [4.69, 9.17) is 10.5 Å². The van der Waals surface area contributed by atoms with Gasteiger partial charge in [0.1, 0.15) is 0 Å². The molecule has 1 amide bonds. The smallest absolute Gasteiger partial charge is 0.256 e. The minimum atomic E-state index is -0.538. The average Bonchev–Trinajstić information content (AvgIpc) is 2.40. The van der Waals surface area contributed by atoms with Gasteiger partial charge in [0.05, 0.1) is 0 Å². The van der Waals surface area contributed by atoms with Gasteiger partial charge in [0.25, 0.3) is 5.91 Å². The highest BCUT2D eigenvalue weighted by atomic mass is 16.5. The van der Waals surface area contributed by atoms with Gasteiger partial charge in [0.2, 0.25) is 0 Å². The predicted octanol–water partition coefficient (Wildman–Crippen LogP) is 1.57.